The first-order valence-corrected chi connectivity index (χ1v) is 9.76. The van der Waals surface area contributed by atoms with Crippen LogP contribution in [-0.4, -0.2) is 43.1 Å². The molecule has 1 atom stereocenters. The van der Waals surface area contributed by atoms with Crippen LogP contribution < -0.4 is 10.6 Å². The highest BCUT2D eigenvalue weighted by molar-refractivity contribution is 6.04. The van der Waals surface area contributed by atoms with Crippen LogP contribution in [0, 0.1) is 5.82 Å². The molecular formula is C22H26FN3O3. The van der Waals surface area contributed by atoms with Gasteiger partial charge in [-0.15, -0.1) is 0 Å². The number of rotatable bonds is 5. The highest BCUT2D eigenvalue weighted by atomic mass is 19.1. The number of halogens is 1. The number of anilines is 1. The van der Waals surface area contributed by atoms with Gasteiger partial charge in [0, 0.05) is 38.0 Å². The molecule has 29 heavy (non-hydrogen) atoms. The molecule has 0 aliphatic carbocycles. The van der Waals surface area contributed by atoms with Crippen LogP contribution in [0.15, 0.2) is 48.5 Å². The van der Waals surface area contributed by atoms with E-state index in [0.717, 1.165) is 31.4 Å². The molecule has 1 heterocycles. The lowest BCUT2D eigenvalue weighted by Gasteiger charge is -2.21. The van der Waals surface area contributed by atoms with Crippen molar-refractivity contribution in [2.24, 2.45) is 0 Å². The molecule has 3 rings (SSSR count). The monoisotopic (exact) mass is 399 g/mol. The SMILES string of the molecule is COC1CCCN(C(=O)NCc2cccc(NC(=O)c3cccc(F)c3)c2)CC1. The number of likely N-dealkylation sites (tertiary alicyclic amines) is 1. The summed E-state index contributed by atoms with van der Waals surface area (Å²) in [5.41, 5.74) is 1.70. The number of urea groups is 1. The number of carbonyl (C=O) groups excluding carboxylic acids is 2. The predicted octanol–water partition coefficient (Wildman–Crippen LogP) is 3.79. The van der Waals surface area contributed by atoms with E-state index in [1.54, 1.807) is 31.4 Å². The Labute approximate surface area is 170 Å². The number of benzene rings is 2. The highest BCUT2D eigenvalue weighted by Gasteiger charge is 2.20. The minimum Gasteiger partial charge on any atom is -0.381 e. The lowest BCUT2D eigenvalue weighted by Crippen LogP contribution is -2.40. The van der Waals surface area contributed by atoms with Crippen molar-refractivity contribution in [2.45, 2.75) is 31.9 Å². The second-order valence-corrected chi connectivity index (χ2v) is 7.10. The highest BCUT2D eigenvalue weighted by Crippen LogP contribution is 2.15. The summed E-state index contributed by atoms with van der Waals surface area (Å²) in [6, 6.07) is 12.7. The third-order valence-electron chi connectivity index (χ3n) is 5.01. The topological polar surface area (TPSA) is 70.7 Å². The predicted molar refractivity (Wildman–Crippen MR) is 109 cm³/mol. The molecule has 154 valence electrons. The second kappa shape index (κ2) is 10.0. The normalized spacial score (nSPS) is 16.8. The molecule has 0 radical (unpaired) electrons. The number of methoxy groups -OCH3 is 1. The molecule has 0 aromatic heterocycles. The van der Waals surface area contributed by atoms with Gasteiger partial charge in [-0.1, -0.05) is 18.2 Å². The average molecular weight is 399 g/mol. The van der Waals surface area contributed by atoms with E-state index < -0.39 is 5.82 Å². The van der Waals surface area contributed by atoms with E-state index in [9.17, 15) is 14.0 Å². The van der Waals surface area contributed by atoms with Gasteiger partial charge in [0.1, 0.15) is 5.82 Å². The van der Waals surface area contributed by atoms with E-state index >= 15 is 0 Å². The van der Waals surface area contributed by atoms with Crippen LogP contribution in [0.1, 0.15) is 35.2 Å². The number of ether oxygens (including phenoxy) is 1. The summed E-state index contributed by atoms with van der Waals surface area (Å²) in [6.07, 6.45) is 2.94. The van der Waals surface area contributed by atoms with E-state index in [2.05, 4.69) is 10.6 Å². The molecule has 6 nitrogen and oxygen atoms in total. The van der Waals surface area contributed by atoms with Crippen LogP contribution in [0.2, 0.25) is 0 Å². The van der Waals surface area contributed by atoms with Crippen LogP contribution >= 0.6 is 0 Å². The standard InChI is InChI=1S/C22H26FN3O3/c1-29-20-9-4-11-26(12-10-20)22(28)24-15-16-5-2-8-19(13-16)25-21(27)17-6-3-7-18(23)14-17/h2-3,5-8,13-14,20H,4,9-12,15H2,1H3,(H,24,28)(H,25,27). The summed E-state index contributed by atoms with van der Waals surface area (Å²) in [4.78, 5) is 26.6. The molecule has 1 unspecified atom stereocenters. The van der Waals surface area contributed by atoms with E-state index in [4.69, 9.17) is 4.74 Å². The van der Waals surface area contributed by atoms with Gasteiger partial charge < -0.3 is 20.3 Å². The van der Waals surface area contributed by atoms with Gasteiger partial charge >= 0.3 is 6.03 Å². The van der Waals surface area contributed by atoms with Crippen molar-refractivity contribution in [3.05, 3.63) is 65.5 Å². The number of amides is 3. The maximum Gasteiger partial charge on any atom is 0.317 e. The Morgan fingerprint density at radius 2 is 1.97 bits per heavy atom. The molecule has 7 heteroatoms. The maximum absolute atomic E-state index is 13.3. The van der Waals surface area contributed by atoms with Gasteiger partial charge in [-0.3, -0.25) is 4.79 Å². The second-order valence-electron chi connectivity index (χ2n) is 7.10. The molecule has 1 aliphatic heterocycles. The number of hydrogen-bond donors (Lipinski definition) is 2. The van der Waals surface area contributed by atoms with Crippen molar-refractivity contribution < 1.29 is 18.7 Å². The fraction of sp³-hybridized carbons (Fsp3) is 0.364. The molecule has 2 N–H and O–H groups in total. The largest absolute Gasteiger partial charge is 0.381 e. The number of nitrogens with zero attached hydrogens (tertiary/aromatic N) is 1. The zero-order valence-electron chi connectivity index (χ0n) is 16.5. The fourth-order valence-electron chi connectivity index (χ4n) is 3.39. The number of carbonyl (C=O) groups is 2. The van der Waals surface area contributed by atoms with Crippen molar-refractivity contribution >= 4 is 17.6 Å². The minimum absolute atomic E-state index is 0.101. The first kappa shape index (κ1) is 20.8. The van der Waals surface area contributed by atoms with Crippen LogP contribution in [0.3, 0.4) is 0 Å². The van der Waals surface area contributed by atoms with Gasteiger partial charge in [0.05, 0.1) is 6.10 Å². The van der Waals surface area contributed by atoms with Crippen LogP contribution in [0.4, 0.5) is 14.9 Å². The smallest absolute Gasteiger partial charge is 0.317 e. The summed E-state index contributed by atoms with van der Waals surface area (Å²) < 4.78 is 18.7. The van der Waals surface area contributed by atoms with Crippen LogP contribution in [0.25, 0.3) is 0 Å². The molecule has 1 saturated heterocycles. The van der Waals surface area contributed by atoms with Gasteiger partial charge in [-0.25, -0.2) is 9.18 Å². The number of nitrogens with one attached hydrogen (secondary N) is 2. The summed E-state index contributed by atoms with van der Waals surface area (Å²) in [5.74, 6) is -0.845. The van der Waals surface area contributed by atoms with Crippen LogP contribution in [0.5, 0.6) is 0 Å². The zero-order chi connectivity index (χ0) is 20.6. The van der Waals surface area contributed by atoms with Gasteiger partial charge in [0.25, 0.3) is 5.91 Å². The van der Waals surface area contributed by atoms with E-state index in [0.29, 0.717) is 18.8 Å². The molecule has 3 amide bonds. The molecule has 2 aromatic carbocycles. The molecule has 1 fully saturated rings. The van der Waals surface area contributed by atoms with Crippen LogP contribution in [-0.2, 0) is 11.3 Å². The summed E-state index contributed by atoms with van der Waals surface area (Å²) in [5, 5.41) is 5.69. The van der Waals surface area contributed by atoms with Crippen molar-refractivity contribution in [3.8, 4) is 0 Å². The first-order valence-electron chi connectivity index (χ1n) is 9.76. The summed E-state index contributed by atoms with van der Waals surface area (Å²) in [6.45, 7) is 1.75. The fourth-order valence-corrected chi connectivity index (χ4v) is 3.39. The Morgan fingerprint density at radius 3 is 2.76 bits per heavy atom. The van der Waals surface area contributed by atoms with Crippen molar-refractivity contribution in [1.82, 2.24) is 10.2 Å². The number of hydrogen-bond acceptors (Lipinski definition) is 3. The van der Waals surface area contributed by atoms with E-state index in [1.165, 1.54) is 18.2 Å². The minimum atomic E-state index is -0.459. The van der Waals surface area contributed by atoms with Gasteiger partial charge in [-0.2, -0.15) is 0 Å². The molecule has 0 bridgehead atoms. The van der Waals surface area contributed by atoms with Gasteiger partial charge in [0.15, 0.2) is 0 Å². The van der Waals surface area contributed by atoms with Crippen molar-refractivity contribution in [3.63, 3.8) is 0 Å². The summed E-state index contributed by atoms with van der Waals surface area (Å²) >= 11 is 0. The molecule has 2 aromatic rings. The van der Waals surface area contributed by atoms with Gasteiger partial charge in [-0.05, 0) is 55.2 Å². The van der Waals surface area contributed by atoms with Crippen molar-refractivity contribution in [2.75, 3.05) is 25.5 Å². The zero-order valence-corrected chi connectivity index (χ0v) is 16.5. The lowest BCUT2D eigenvalue weighted by atomic mass is 10.1. The van der Waals surface area contributed by atoms with E-state index in [1.807, 2.05) is 11.0 Å². The molecule has 0 spiro atoms. The van der Waals surface area contributed by atoms with E-state index in [-0.39, 0.29) is 23.6 Å². The molecule has 1 aliphatic rings. The Kier molecular flexibility index (Phi) is 7.19. The maximum atomic E-state index is 13.3. The third kappa shape index (κ3) is 6.02. The third-order valence-corrected chi connectivity index (χ3v) is 5.01. The Hall–Kier alpha value is -2.93. The quantitative estimate of drug-likeness (QED) is 0.804. The molecular weight excluding hydrogens is 373 g/mol. The average Bonchev–Trinajstić information content (AvgIpc) is 2.98. The Morgan fingerprint density at radius 1 is 1.14 bits per heavy atom. The molecule has 0 saturated carbocycles. The summed E-state index contributed by atoms with van der Waals surface area (Å²) in [7, 11) is 1.71. The van der Waals surface area contributed by atoms with Crippen molar-refractivity contribution in [1.29, 1.82) is 0 Å². The Balaban J connectivity index is 1.54. The lowest BCUT2D eigenvalue weighted by molar-refractivity contribution is 0.0906. The first-order chi connectivity index (χ1) is 14.0. The van der Waals surface area contributed by atoms with Gasteiger partial charge in [0.2, 0.25) is 0 Å². The Bertz CT molecular complexity index is 859.